The monoisotopic (exact) mass is 362 g/mol. The molecule has 0 spiro atoms. The second kappa shape index (κ2) is 9.21. The van der Waals surface area contributed by atoms with Gasteiger partial charge in [0, 0.05) is 32.2 Å². The highest BCUT2D eigenvalue weighted by Gasteiger charge is 2.26. The Morgan fingerprint density at radius 1 is 1.31 bits per heavy atom. The van der Waals surface area contributed by atoms with E-state index in [1.54, 1.807) is 6.07 Å². The zero-order valence-corrected chi connectivity index (χ0v) is 15.7. The third-order valence-electron chi connectivity index (χ3n) is 5.38. The van der Waals surface area contributed by atoms with Crippen LogP contribution in [-0.4, -0.2) is 48.2 Å². The SMILES string of the molecule is CCNC(=NCc1ccc(O)c(F)c1)NC1CCN(CC2CCCC2)C1. The molecule has 1 aliphatic carbocycles. The summed E-state index contributed by atoms with van der Waals surface area (Å²) in [6.07, 6.45) is 6.71. The summed E-state index contributed by atoms with van der Waals surface area (Å²) in [5.41, 5.74) is 0.742. The number of benzene rings is 1. The van der Waals surface area contributed by atoms with Crippen LogP contribution in [0.4, 0.5) is 4.39 Å². The summed E-state index contributed by atoms with van der Waals surface area (Å²) in [5.74, 6) is 0.735. The lowest BCUT2D eigenvalue weighted by Crippen LogP contribution is -2.44. The molecule has 6 heteroatoms. The second-order valence-corrected chi connectivity index (χ2v) is 7.52. The highest BCUT2D eigenvalue weighted by Crippen LogP contribution is 2.26. The van der Waals surface area contributed by atoms with Gasteiger partial charge in [-0.2, -0.15) is 0 Å². The molecule has 1 aliphatic heterocycles. The molecule has 1 saturated heterocycles. The van der Waals surface area contributed by atoms with Crippen molar-refractivity contribution in [2.24, 2.45) is 10.9 Å². The first-order valence-electron chi connectivity index (χ1n) is 9.88. The maximum atomic E-state index is 13.5. The number of likely N-dealkylation sites (tertiary alicyclic amines) is 1. The second-order valence-electron chi connectivity index (χ2n) is 7.52. The zero-order valence-electron chi connectivity index (χ0n) is 15.7. The molecule has 144 valence electrons. The smallest absolute Gasteiger partial charge is 0.191 e. The fourth-order valence-electron chi connectivity index (χ4n) is 4.01. The first-order chi connectivity index (χ1) is 12.6. The minimum Gasteiger partial charge on any atom is -0.505 e. The molecule has 0 radical (unpaired) electrons. The average Bonchev–Trinajstić information content (AvgIpc) is 3.28. The summed E-state index contributed by atoms with van der Waals surface area (Å²) in [6, 6.07) is 4.81. The third kappa shape index (κ3) is 5.34. The lowest BCUT2D eigenvalue weighted by molar-refractivity contribution is 0.275. The van der Waals surface area contributed by atoms with Crippen molar-refractivity contribution in [3.05, 3.63) is 29.6 Å². The molecule has 3 N–H and O–H groups in total. The Kier molecular flexibility index (Phi) is 6.72. The van der Waals surface area contributed by atoms with Crippen molar-refractivity contribution in [2.45, 2.75) is 51.6 Å². The lowest BCUT2D eigenvalue weighted by Gasteiger charge is -2.21. The molecule has 1 atom stereocenters. The van der Waals surface area contributed by atoms with Crippen LogP contribution in [0.2, 0.25) is 0 Å². The fourth-order valence-corrected chi connectivity index (χ4v) is 4.01. The molecular formula is C20H31FN4O. The number of halogens is 1. The first kappa shape index (κ1) is 19.0. The minimum absolute atomic E-state index is 0.323. The van der Waals surface area contributed by atoms with Crippen molar-refractivity contribution in [3.63, 3.8) is 0 Å². The topological polar surface area (TPSA) is 59.9 Å². The van der Waals surface area contributed by atoms with Gasteiger partial charge in [0.2, 0.25) is 0 Å². The van der Waals surface area contributed by atoms with E-state index in [4.69, 9.17) is 0 Å². The van der Waals surface area contributed by atoms with E-state index in [2.05, 4.69) is 20.5 Å². The number of hydrogen-bond acceptors (Lipinski definition) is 3. The maximum Gasteiger partial charge on any atom is 0.191 e. The van der Waals surface area contributed by atoms with E-state index in [9.17, 15) is 9.50 Å². The summed E-state index contributed by atoms with van der Waals surface area (Å²) in [6.45, 7) is 6.65. The number of guanidine groups is 1. The summed E-state index contributed by atoms with van der Waals surface area (Å²) < 4.78 is 13.5. The first-order valence-corrected chi connectivity index (χ1v) is 9.88. The van der Waals surface area contributed by atoms with Gasteiger partial charge in [0.1, 0.15) is 0 Å². The van der Waals surface area contributed by atoms with Gasteiger partial charge in [0.15, 0.2) is 17.5 Å². The van der Waals surface area contributed by atoms with Crippen LogP contribution < -0.4 is 10.6 Å². The van der Waals surface area contributed by atoms with Crippen LogP contribution >= 0.6 is 0 Å². The molecule has 1 aromatic carbocycles. The van der Waals surface area contributed by atoms with Crippen LogP contribution in [0.3, 0.4) is 0 Å². The van der Waals surface area contributed by atoms with E-state index in [0.29, 0.717) is 12.6 Å². The minimum atomic E-state index is -0.603. The number of nitrogens with zero attached hydrogens (tertiary/aromatic N) is 2. The van der Waals surface area contributed by atoms with Crippen LogP contribution in [0.5, 0.6) is 5.75 Å². The molecule has 1 aromatic rings. The van der Waals surface area contributed by atoms with Crippen LogP contribution in [0, 0.1) is 11.7 Å². The lowest BCUT2D eigenvalue weighted by atomic mass is 10.1. The molecule has 0 bridgehead atoms. The van der Waals surface area contributed by atoms with Gasteiger partial charge < -0.3 is 20.6 Å². The van der Waals surface area contributed by atoms with Gasteiger partial charge in [0.25, 0.3) is 0 Å². The molecule has 1 unspecified atom stereocenters. The molecule has 2 fully saturated rings. The van der Waals surface area contributed by atoms with Gasteiger partial charge >= 0.3 is 0 Å². The van der Waals surface area contributed by atoms with Crippen LogP contribution in [-0.2, 0) is 6.54 Å². The Bertz CT molecular complexity index is 616. The quantitative estimate of drug-likeness (QED) is 0.538. The number of aromatic hydroxyl groups is 1. The predicted molar refractivity (Wildman–Crippen MR) is 103 cm³/mol. The summed E-state index contributed by atoms with van der Waals surface area (Å²) >= 11 is 0. The van der Waals surface area contributed by atoms with Crippen molar-refractivity contribution >= 4 is 5.96 Å². The van der Waals surface area contributed by atoms with E-state index < -0.39 is 5.82 Å². The molecule has 3 rings (SSSR count). The molecule has 5 nitrogen and oxygen atoms in total. The normalized spacial score (nSPS) is 22.1. The Balaban J connectivity index is 1.51. The summed E-state index contributed by atoms with van der Waals surface area (Å²) in [4.78, 5) is 7.15. The standard InChI is InChI=1S/C20H31FN4O/c1-2-22-20(23-12-16-7-8-19(26)18(21)11-16)24-17-9-10-25(14-17)13-15-5-3-4-6-15/h7-8,11,15,17,26H,2-6,9-10,12-14H2,1H3,(H2,22,23,24). The molecule has 1 heterocycles. The third-order valence-corrected chi connectivity index (χ3v) is 5.38. The highest BCUT2D eigenvalue weighted by molar-refractivity contribution is 5.80. The summed E-state index contributed by atoms with van der Waals surface area (Å²) in [5, 5.41) is 16.1. The largest absolute Gasteiger partial charge is 0.505 e. The average molecular weight is 362 g/mol. The van der Waals surface area contributed by atoms with Gasteiger partial charge in [-0.25, -0.2) is 9.38 Å². The van der Waals surface area contributed by atoms with Gasteiger partial charge in [-0.15, -0.1) is 0 Å². The van der Waals surface area contributed by atoms with Crippen molar-refractivity contribution in [2.75, 3.05) is 26.2 Å². The molecule has 26 heavy (non-hydrogen) atoms. The van der Waals surface area contributed by atoms with E-state index in [1.807, 2.05) is 6.92 Å². The Hall–Kier alpha value is -1.82. The number of phenolic OH excluding ortho intramolecular Hbond substituents is 1. The van der Waals surface area contributed by atoms with Crippen molar-refractivity contribution in [3.8, 4) is 5.75 Å². The van der Waals surface area contributed by atoms with Gasteiger partial charge in [-0.1, -0.05) is 18.9 Å². The zero-order chi connectivity index (χ0) is 18.4. The Morgan fingerprint density at radius 2 is 2.12 bits per heavy atom. The van der Waals surface area contributed by atoms with Crippen LogP contribution in [0.25, 0.3) is 0 Å². The van der Waals surface area contributed by atoms with Crippen molar-refractivity contribution < 1.29 is 9.50 Å². The number of aliphatic imine (C=N–C) groups is 1. The molecule has 0 amide bonds. The molecule has 1 saturated carbocycles. The Morgan fingerprint density at radius 3 is 2.85 bits per heavy atom. The van der Waals surface area contributed by atoms with Crippen molar-refractivity contribution in [1.29, 1.82) is 0 Å². The number of phenols is 1. The molecule has 2 aliphatic rings. The van der Waals surface area contributed by atoms with Crippen molar-refractivity contribution in [1.82, 2.24) is 15.5 Å². The number of hydrogen-bond donors (Lipinski definition) is 3. The van der Waals surface area contributed by atoms with Crippen LogP contribution in [0.1, 0.15) is 44.6 Å². The van der Waals surface area contributed by atoms with Gasteiger partial charge in [-0.3, -0.25) is 0 Å². The van der Waals surface area contributed by atoms with Gasteiger partial charge in [0.05, 0.1) is 6.54 Å². The summed E-state index contributed by atoms with van der Waals surface area (Å²) in [7, 11) is 0. The van der Waals surface area contributed by atoms with Gasteiger partial charge in [-0.05, 0) is 49.8 Å². The predicted octanol–water partition coefficient (Wildman–Crippen LogP) is 2.85. The van der Waals surface area contributed by atoms with E-state index >= 15 is 0 Å². The molecule has 0 aromatic heterocycles. The van der Waals surface area contributed by atoms with E-state index in [-0.39, 0.29) is 5.75 Å². The fraction of sp³-hybridized carbons (Fsp3) is 0.650. The highest BCUT2D eigenvalue weighted by atomic mass is 19.1. The maximum absolute atomic E-state index is 13.5. The molecular weight excluding hydrogens is 331 g/mol. The van der Waals surface area contributed by atoms with E-state index in [1.165, 1.54) is 44.4 Å². The number of rotatable bonds is 6. The Labute approximate surface area is 155 Å². The van der Waals surface area contributed by atoms with Crippen LogP contribution in [0.15, 0.2) is 23.2 Å². The van der Waals surface area contributed by atoms with E-state index in [0.717, 1.165) is 43.5 Å². The number of nitrogens with one attached hydrogen (secondary N) is 2.